The van der Waals surface area contributed by atoms with Gasteiger partial charge in [0, 0.05) is 11.1 Å². The molecule has 59 valence electrons. The molecule has 2 heteroatoms. The van der Waals surface area contributed by atoms with Crippen molar-refractivity contribution in [2.75, 3.05) is 0 Å². The van der Waals surface area contributed by atoms with Crippen molar-refractivity contribution in [3.05, 3.63) is 41.4 Å². The van der Waals surface area contributed by atoms with Crippen molar-refractivity contribution in [2.45, 2.75) is 0 Å². The molecule has 0 amide bonds. The van der Waals surface area contributed by atoms with Crippen LogP contribution in [0.1, 0.15) is 0 Å². The van der Waals surface area contributed by atoms with Gasteiger partial charge in [-0.05, 0) is 35.0 Å². The number of phenols is 1. The van der Waals surface area contributed by atoms with Crippen LogP contribution in [0.3, 0.4) is 0 Å². The van der Waals surface area contributed by atoms with Crippen molar-refractivity contribution in [3.63, 3.8) is 0 Å². The number of fused-ring (bicyclic) bond motifs is 1. The van der Waals surface area contributed by atoms with Crippen molar-refractivity contribution >= 4 is 22.4 Å². The molecule has 1 radical (unpaired) electrons. The van der Waals surface area contributed by atoms with Crippen LogP contribution in [0, 0.1) is 6.07 Å². The topological polar surface area (TPSA) is 20.2 Å². The molecule has 0 saturated heterocycles. The fourth-order valence-electron chi connectivity index (χ4n) is 1.14. The zero-order valence-corrected chi connectivity index (χ0v) is 6.97. The highest BCUT2D eigenvalue weighted by Crippen LogP contribution is 2.22. The fourth-order valence-corrected chi connectivity index (χ4v) is 1.32. The average molecular weight is 178 g/mol. The Labute approximate surface area is 75.2 Å². The van der Waals surface area contributed by atoms with Crippen LogP contribution in [-0.2, 0) is 0 Å². The average Bonchev–Trinajstić information content (AvgIpc) is 2.03. The first kappa shape index (κ1) is 7.44. The summed E-state index contributed by atoms with van der Waals surface area (Å²) in [7, 11) is 0. The van der Waals surface area contributed by atoms with Crippen LogP contribution < -0.4 is 0 Å². The summed E-state index contributed by atoms with van der Waals surface area (Å²) in [5.41, 5.74) is 0. The monoisotopic (exact) mass is 177 g/mol. The Morgan fingerprint density at radius 1 is 1.17 bits per heavy atom. The Kier molecular flexibility index (Phi) is 1.66. The number of hydrogen-bond donors (Lipinski definition) is 1. The number of halogens is 1. The SMILES string of the molecule is Oc1[c]cc2ccc(Cl)cc2c1. The maximum Gasteiger partial charge on any atom is 0.124 e. The van der Waals surface area contributed by atoms with E-state index >= 15 is 0 Å². The number of aromatic hydroxyl groups is 1. The van der Waals surface area contributed by atoms with E-state index in [9.17, 15) is 0 Å². The first-order chi connectivity index (χ1) is 5.75. The third-order valence-corrected chi connectivity index (χ3v) is 1.95. The minimum Gasteiger partial charge on any atom is -0.507 e. The summed E-state index contributed by atoms with van der Waals surface area (Å²) in [5.74, 6) is 0.143. The predicted octanol–water partition coefficient (Wildman–Crippen LogP) is 3.00. The lowest BCUT2D eigenvalue weighted by Gasteiger charge is -1.97. The second kappa shape index (κ2) is 2.68. The van der Waals surface area contributed by atoms with E-state index in [1.54, 1.807) is 12.1 Å². The normalized spacial score (nSPS) is 10.4. The molecule has 0 unspecified atom stereocenters. The van der Waals surface area contributed by atoms with Crippen LogP contribution in [0.4, 0.5) is 0 Å². The third kappa shape index (κ3) is 1.23. The van der Waals surface area contributed by atoms with Crippen molar-refractivity contribution in [1.82, 2.24) is 0 Å². The molecule has 0 fully saturated rings. The van der Waals surface area contributed by atoms with Crippen molar-refractivity contribution < 1.29 is 5.11 Å². The predicted molar refractivity (Wildman–Crippen MR) is 49.5 cm³/mol. The molecule has 1 nitrogen and oxygen atoms in total. The summed E-state index contributed by atoms with van der Waals surface area (Å²) >= 11 is 5.78. The molecular weight excluding hydrogens is 172 g/mol. The van der Waals surface area contributed by atoms with Crippen LogP contribution in [0.2, 0.25) is 5.02 Å². The Morgan fingerprint density at radius 2 is 2.00 bits per heavy atom. The Balaban J connectivity index is 2.80. The van der Waals surface area contributed by atoms with Gasteiger partial charge in [-0.2, -0.15) is 0 Å². The van der Waals surface area contributed by atoms with Crippen LogP contribution in [0.25, 0.3) is 10.8 Å². The van der Waals surface area contributed by atoms with E-state index in [-0.39, 0.29) is 5.75 Å². The largest absolute Gasteiger partial charge is 0.507 e. The maximum atomic E-state index is 9.12. The molecule has 2 rings (SSSR count). The molecule has 0 aliphatic carbocycles. The lowest BCUT2D eigenvalue weighted by Crippen LogP contribution is -1.72. The smallest absolute Gasteiger partial charge is 0.124 e. The van der Waals surface area contributed by atoms with Gasteiger partial charge in [0.1, 0.15) is 5.75 Å². The summed E-state index contributed by atoms with van der Waals surface area (Å²) in [4.78, 5) is 0. The molecule has 0 bridgehead atoms. The van der Waals surface area contributed by atoms with Gasteiger partial charge in [0.25, 0.3) is 0 Å². The van der Waals surface area contributed by atoms with Crippen molar-refractivity contribution in [3.8, 4) is 5.75 Å². The van der Waals surface area contributed by atoms with Gasteiger partial charge >= 0.3 is 0 Å². The highest BCUT2D eigenvalue weighted by atomic mass is 35.5. The summed E-state index contributed by atoms with van der Waals surface area (Å²) < 4.78 is 0. The summed E-state index contributed by atoms with van der Waals surface area (Å²) in [6.07, 6.45) is 0. The first-order valence-corrected chi connectivity index (χ1v) is 3.93. The van der Waals surface area contributed by atoms with Crippen LogP contribution in [0.15, 0.2) is 30.3 Å². The highest BCUT2D eigenvalue weighted by molar-refractivity contribution is 6.31. The van der Waals surface area contributed by atoms with Crippen LogP contribution in [0.5, 0.6) is 5.75 Å². The summed E-state index contributed by atoms with van der Waals surface area (Å²) in [6, 6.07) is 11.6. The molecule has 12 heavy (non-hydrogen) atoms. The minimum absolute atomic E-state index is 0.143. The standard InChI is InChI=1S/C10H6ClO/c11-9-3-1-7-2-4-10(12)6-8(7)5-9/h1-3,5-6,12H. The van der Waals surface area contributed by atoms with Gasteiger partial charge in [-0.25, -0.2) is 0 Å². The van der Waals surface area contributed by atoms with E-state index < -0.39 is 0 Å². The van der Waals surface area contributed by atoms with E-state index in [2.05, 4.69) is 6.07 Å². The molecule has 0 spiro atoms. The summed E-state index contributed by atoms with van der Waals surface area (Å²) in [6.45, 7) is 0. The van der Waals surface area contributed by atoms with Crippen molar-refractivity contribution in [1.29, 1.82) is 0 Å². The lowest BCUT2D eigenvalue weighted by molar-refractivity contribution is 0.475. The lowest BCUT2D eigenvalue weighted by atomic mass is 10.1. The first-order valence-electron chi connectivity index (χ1n) is 3.56. The van der Waals surface area contributed by atoms with Gasteiger partial charge in [-0.15, -0.1) is 0 Å². The number of hydrogen-bond acceptors (Lipinski definition) is 1. The molecule has 2 aromatic rings. The van der Waals surface area contributed by atoms with Gasteiger partial charge in [0.15, 0.2) is 0 Å². The molecule has 1 N–H and O–H groups in total. The Bertz CT molecular complexity index is 386. The van der Waals surface area contributed by atoms with E-state index in [1.807, 2.05) is 18.2 Å². The number of rotatable bonds is 0. The molecule has 0 aliphatic rings. The Hall–Kier alpha value is -1.21. The number of phenolic OH excluding ortho intramolecular Hbond substituents is 1. The fraction of sp³-hybridized carbons (Fsp3) is 0. The minimum atomic E-state index is 0.143. The van der Waals surface area contributed by atoms with Gasteiger partial charge < -0.3 is 5.11 Å². The van der Waals surface area contributed by atoms with Gasteiger partial charge in [0.2, 0.25) is 0 Å². The third-order valence-electron chi connectivity index (χ3n) is 1.72. The Morgan fingerprint density at radius 3 is 2.83 bits per heavy atom. The molecule has 0 aromatic heterocycles. The molecule has 0 atom stereocenters. The highest BCUT2D eigenvalue weighted by Gasteiger charge is 1.95. The molecule has 0 heterocycles. The zero-order chi connectivity index (χ0) is 8.55. The second-order valence-corrected chi connectivity index (χ2v) is 3.03. The summed E-state index contributed by atoms with van der Waals surface area (Å²) in [5, 5.41) is 11.8. The quantitative estimate of drug-likeness (QED) is 0.656. The molecule has 2 aromatic carbocycles. The maximum absolute atomic E-state index is 9.12. The molecule has 0 aliphatic heterocycles. The van der Waals surface area contributed by atoms with E-state index in [1.165, 1.54) is 0 Å². The van der Waals surface area contributed by atoms with Crippen LogP contribution >= 0.6 is 11.6 Å². The van der Waals surface area contributed by atoms with E-state index in [4.69, 9.17) is 16.7 Å². The zero-order valence-electron chi connectivity index (χ0n) is 6.21. The van der Waals surface area contributed by atoms with Crippen molar-refractivity contribution in [2.24, 2.45) is 0 Å². The second-order valence-electron chi connectivity index (χ2n) is 2.59. The molecule has 0 saturated carbocycles. The number of benzene rings is 2. The van der Waals surface area contributed by atoms with Crippen LogP contribution in [-0.4, -0.2) is 5.11 Å². The molecular formula is C10H6ClO. The van der Waals surface area contributed by atoms with Gasteiger partial charge in [-0.3, -0.25) is 0 Å². The van der Waals surface area contributed by atoms with E-state index in [0.29, 0.717) is 5.02 Å². The van der Waals surface area contributed by atoms with Gasteiger partial charge in [0.05, 0.1) is 0 Å². The van der Waals surface area contributed by atoms with E-state index in [0.717, 1.165) is 10.8 Å². The van der Waals surface area contributed by atoms with Gasteiger partial charge in [-0.1, -0.05) is 17.7 Å².